The molecule has 0 bridgehead atoms. The summed E-state index contributed by atoms with van der Waals surface area (Å²) in [5.41, 5.74) is 0. The summed E-state index contributed by atoms with van der Waals surface area (Å²) in [5.74, 6) is -4.90. The summed E-state index contributed by atoms with van der Waals surface area (Å²) in [6.45, 7) is 0. The predicted octanol–water partition coefficient (Wildman–Crippen LogP) is 3.82. The van der Waals surface area contributed by atoms with Crippen LogP contribution in [0.25, 0.3) is 0 Å². The molecule has 0 aliphatic rings. The molecule has 0 aromatic heterocycles. The predicted molar refractivity (Wildman–Crippen MR) is 36.0 cm³/mol. The Bertz CT molecular complexity index is 128. The lowest BCUT2D eigenvalue weighted by Gasteiger charge is -2.26. The average Bonchev–Trinajstić information content (AvgIpc) is 1.58. The van der Waals surface area contributed by atoms with Gasteiger partial charge in [0, 0.05) is 0 Å². The second-order valence-electron chi connectivity index (χ2n) is 1.57. The van der Waals surface area contributed by atoms with Crippen molar-refractivity contribution >= 4 is 46.4 Å². The molecule has 0 aliphatic carbocycles. The summed E-state index contributed by atoms with van der Waals surface area (Å²) in [6, 6.07) is 0. The summed E-state index contributed by atoms with van der Waals surface area (Å²) in [6.07, 6.45) is 0. The molecule has 0 amide bonds. The van der Waals surface area contributed by atoms with Gasteiger partial charge in [-0.1, -0.05) is 34.8 Å². The molecular weight excluding hydrogens is 254 g/mol. The third-order valence-electron chi connectivity index (χ3n) is 0.712. The standard InChI is InChI=1S/C3Cl4F4/c4-2(5,6)1(8,9)3(7,10)11. The molecule has 0 aliphatic heterocycles. The van der Waals surface area contributed by atoms with Crippen LogP contribution in [0.1, 0.15) is 0 Å². The highest BCUT2D eigenvalue weighted by atomic mass is 35.6. The van der Waals surface area contributed by atoms with Crippen LogP contribution in [0.2, 0.25) is 0 Å². The molecule has 0 rings (SSSR count). The maximum Gasteiger partial charge on any atom is 0.388 e. The molecule has 0 radical (unpaired) electrons. The SMILES string of the molecule is FC(F)(Cl)C(F)(F)C(Cl)(Cl)Cl. The Morgan fingerprint density at radius 2 is 1.00 bits per heavy atom. The van der Waals surface area contributed by atoms with Gasteiger partial charge in [0.05, 0.1) is 0 Å². The maximum absolute atomic E-state index is 12.2. The van der Waals surface area contributed by atoms with Crippen LogP contribution < -0.4 is 0 Å². The smallest absolute Gasteiger partial charge is 0.193 e. The molecule has 0 N–H and O–H groups in total. The zero-order valence-corrected chi connectivity index (χ0v) is 7.55. The van der Waals surface area contributed by atoms with Crippen LogP contribution in [-0.2, 0) is 0 Å². The van der Waals surface area contributed by atoms with E-state index in [2.05, 4.69) is 46.4 Å². The summed E-state index contributed by atoms with van der Waals surface area (Å²) >= 11 is 17.6. The van der Waals surface area contributed by atoms with Crippen molar-refractivity contribution in [3.05, 3.63) is 0 Å². The van der Waals surface area contributed by atoms with E-state index in [1.807, 2.05) is 0 Å². The van der Waals surface area contributed by atoms with E-state index in [0.29, 0.717) is 0 Å². The van der Waals surface area contributed by atoms with Gasteiger partial charge in [0.2, 0.25) is 0 Å². The highest BCUT2D eigenvalue weighted by Crippen LogP contribution is 2.52. The van der Waals surface area contributed by atoms with Gasteiger partial charge >= 0.3 is 11.3 Å². The molecule has 0 spiro atoms. The van der Waals surface area contributed by atoms with Crippen LogP contribution in [0.5, 0.6) is 0 Å². The van der Waals surface area contributed by atoms with E-state index in [0.717, 1.165) is 0 Å². The van der Waals surface area contributed by atoms with Gasteiger partial charge in [0.1, 0.15) is 0 Å². The van der Waals surface area contributed by atoms with E-state index in [1.165, 1.54) is 0 Å². The van der Waals surface area contributed by atoms with Crippen LogP contribution in [0.4, 0.5) is 17.6 Å². The molecule has 0 unspecified atom stereocenters. The van der Waals surface area contributed by atoms with Gasteiger partial charge in [-0.3, -0.25) is 0 Å². The zero-order chi connectivity index (χ0) is 9.50. The zero-order valence-electron chi connectivity index (χ0n) is 4.52. The minimum absolute atomic E-state index is 3.42. The van der Waals surface area contributed by atoms with Gasteiger partial charge < -0.3 is 0 Å². The quantitative estimate of drug-likeness (QED) is 0.492. The first-order valence-electron chi connectivity index (χ1n) is 2.01. The van der Waals surface area contributed by atoms with Gasteiger partial charge in [0.25, 0.3) is 3.79 Å². The van der Waals surface area contributed by atoms with Crippen molar-refractivity contribution < 1.29 is 17.6 Å². The third-order valence-corrected chi connectivity index (χ3v) is 1.66. The van der Waals surface area contributed by atoms with Crippen molar-refractivity contribution in [1.82, 2.24) is 0 Å². The number of alkyl halides is 8. The maximum atomic E-state index is 12.2. The Labute approximate surface area is 79.3 Å². The van der Waals surface area contributed by atoms with E-state index in [-0.39, 0.29) is 0 Å². The molecule has 0 nitrogen and oxygen atoms in total. The average molecular weight is 254 g/mol. The fraction of sp³-hybridized carbons (Fsp3) is 1.00. The number of rotatable bonds is 1. The first-order chi connectivity index (χ1) is 4.50. The second kappa shape index (κ2) is 2.98. The molecule has 0 saturated carbocycles. The summed E-state index contributed by atoms with van der Waals surface area (Å²) in [4.78, 5) is 0. The lowest BCUT2D eigenvalue weighted by molar-refractivity contribution is -0.153. The van der Waals surface area contributed by atoms with E-state index in [4.69, 9.17) is 0 Å². The number of hydrogen-bond donors (Lipinski definition) is 0. The monoisotopic (exact) mass is 252 g/mol. The molecule has 0 fully saturated rings. The highest BCUT2D eigenvalue weighted by Gasteiger charge is 2.67. The van der Waals surface area contributed by atoms with Gasteiger partial charge in [-0.2, -0.15) is 17.6 Å². The van der Waals surface area contributed by atoms with Crippen molar-refractivity contribution in [3.63, 3.8) is 0 Å². The molecule has 68 valence electrons. The highest BCUT2D eigenvalue weighted by molar-refractivity contribution is 6.68. The number of halogens is 8. The van der Waals surface area contributed by atoms with Crippen LogP contribution in [-0.4, -0.2) is 15.1 Å². The fourth-order valence-corrected chi connectivity index (χ4v) is 0.804. The van der Waals surface area contributed by atoms with E-state index >= 15 is 0 Å². The Kier molecular flexibility index (Phi) is 3.22. The molecular formula is C3Cl4F4. The van der Waals surface area contributed by atoms with Crippen LogP contribution >= 0.6 is 46.4 Å². The number of hydrogen-bond acceptors (Lipinski definition) is 0. The second-order valence-corrected chi connectivity index (χ2v) is 4.33. The van der Waals surface area contributed by atoms with Gasteiger partial charge in [-0.15, -0.1) is 0 Å². The van der Waals surface area contributed by atoms with Gasteiger partial charge in [0.15, 0.2) is 0 Å². The summed E-state index contributed by atoms with van der Waals surface area (Å²) < 4.78 is 44.4. The van der Waals surface area contributed by atoms with E-state index < -0.39 is 15.1 Å². The van der Waals surface area contributed by atoms with Crippen molar-refractivity contribution in [2.24, 2.45) is 0 Å². The topological polar surface area (TPSA) is 0 Å². The Morgan fingerprint density at radius 1 is 0.727 bits per heavy atom. The Hall–Kier alpha value is 0.880. The third kappa shape index (κ3) is 2.41. The van der Waals surface area contributed by atoms with Crippen LogP contribution in [0, 0.1) is 0 Å². The summed E-state index contributed by atoms with van der Waals surface area (Å²) in [7, 11) is 0. The van der Waals surface area contributed by atoms with E-state index in [9.17, 15) is 17.6 Å². The van der Waals surface area contributed by atoms with Crippen LogP contribution in [0.3, 0.4) is 0 Å². The lowest BCUT2D eigenvalue weighted by Crippen LogP contribution is -2.46. The van der Waals surface area contributed by atoms with Crippen molar-refractivity contribution in [1.29, 1.82) is 0 Å². The fourth-order valence-electron chi connectivity index (χ4n) is 0.161. The molecule has 0 saturated heterocycles. The first-order valence-corrected chi connectivity index (χ1v) is 3.52. The van der Waals surface area contributed by atoms with Crippen molar-refractivity contribution in [2.75, 3.05) is 0 Å². The van der Waals surface area contributed by atoms with Crippen LogP contribution in [0.15, 0.2) is 0 Å². The van der Waals surface area contributed by atoms with Crippen molar-refractivity contribution in [3.8, 4) is 0 Å². The normalized spacial score (nSPS) is 15.3. The Morgan fingerprint density at radius 3 is 1.00 bits per heavy atom. The van der Waals surface area contributed by atoms with Gasteiger partial charge in [-0.25, -0.2) is 0 Å². The van der Waals surface area contributed by atoms with Crippen molar-refractivity contribution in [2.45, 2.75) is 15.1 Å². The molecule has 0 aromatic carbocycles. The molecule has 11 heavy (non-hydrogen) atoms. The minimum Gasteiger partial charge on any atom is -0.193 e. The van der Waals surface area contributed by atoms with E-state index in [1.54, 1.807) is 0 Å². The minimum atomic E-state index is -4.90. The van der Waals surface area contributed by atoms with Gasteiger partial charge in [-0.05, 0) is 11.6 Å². The molecule has 0 heterocycles. The first kappa shape index (κ1) is 11.9. The molecule has 8 heteroatoms. The lowest BCUT2D eigenvalue weighted by atomic mass is 10.4. The summed E-state index contributed by atoms with van der Waals surface area (Å²) in [5, 5.41) is -4.88. The largest absolute Gasteiger partial charge is 0.388 e. The Balaban J connectivity index is 4.75. The molecule has 0 aromatic rings. The molecule has 0 atom stereocenters.